The predicted octanol–water partition coefficient (Wildman–Crippen LogP) is 13.5. The molecule has 58 heavy (non-hydrogen) atoms. The van der Waals surface area contributed by atoms with E-state index in [9.17, 15) is 0 Å². The summed E-state index contributed by atoms with van der Waals surface area (Å²) >= 11 is -3.00. The zero-order chi connectivity index (χ0) is 43.2. The van der Waals surface area contributed by atoms with Crippen LogP contribution >= 0.6 is 0 Å². The van der Waals surface area contributed by atoms with Gasteiger partial charge in [0.1, 0.15) is 0 Å². The van der Waals surface area contributed by atoms with Gasteiger partial charge >= 0.3 is 317 Å². The normalized spacial score (nSPS) is 15.3. The molecular weight excluding hydrogens is 847 g/mol. The number of rotatable bonds is 31. The third-order valence-electron chi connectivity index (χ3n) is 12.4. The van der Waals surface area contributed by atoms with Crippen LogP contribution in [-0.2, 0) is 36.6 Å². The van der Waals surface area contributed by atoms with E-state index in [2.05, 4.69) is 105 Å². The Balaban J connectivity index is 2.63. The molecule has 2 aromatic carbocycles. The van der Waals surface area contributed by atoms with Gasteiger partial charge in [-0.2, -0.15) is 0 Å². The minimum atomic E-state index is -3.00. The van der Waals surface area contributed by atoms with Gasteiger partial charge in [0.15, 0.2) is 0 Å². The molecule has 0 spiro atoms. The minimum absolute atomic E-state index is 0.153. The van der Waals surface area contributed by atoms with E-state index >= 15 is 0 Å². The molecule has 0 saturated carbocycles. The van der Waals surface area contributed by atoms with Crippen LogP contribution in [-0.4, -0.2) is 79.2 Å². The first-order valence-electron chi connectivity index (χ1n) is 22.1. The van der Waals surface area contributed by atoms with Crippen LogP contribution in [0.4, 0.5) is 0 Å². The van der Waals surface area contributed by atoms with Crippen molar-refractivity contribution in [3.05, 3.63) is 82.0 Å². The summed E-state index contributed by atoms with van der Waals surface area (Å²) in [5.41, 5.74) is 1.47. The molecule has 0 heterocycles. The fraction of sp³-hybridized carbons (Fsp3) is 0.673. The molecule has 0 fully saturated rings. The van der Waals surface area contributed by atoms with Crippen LogP contribution in [0.2, 0.25) is 31.4 Å². The Labute approximate surface area is 361 Å². The molecule has 2 rings (SSSR count). The summed E-state index contributed by atoms with van der Waals surface area (Å²) in [5.74, 6) is 1.92. The summed E-state index contributed by atoms with van der Waals surface area (Å²) in [6, 6.07) is 16.3. The van der Waals surface area contributed by atoms with Gasteiger partial charge in [-0.1, -0.05) is 20.8 Å². The molecule has 0 N–H and O–H groups in total. The van der Waals surface area contributed by atoms with E-state index in [0.29, 0.717) is 32.7 Å². The Hall–Kier alpha value is -1.66. The first-order chi connectivity index (χ1) is 27.5. The summed E-state index contributed by atoms with van der Waals surface area (Å²) < 4.78 is 49.4. The molecule has 0 unspecified atom stereocenters. The van der Waals surface area contributed by atoms with E-state index in [1.165, 1.54) is 55.4 Å². The number of hydrogen-bond acceptors (Lipinski definition) is 7. The van der Waals surface area contributed by atoms with Crippen molar-refractivity contribution >= 4 is 26.7 Å². The van der Waals surface area contributed by atoms with Gasteiger partial charge < -0.3 is 0 Å². The topological polar surface area (TPSA) is 64.6 Å². The standard InChI is InChI=1S/C37H57O7Si.3C4H9.Sn/c1-12-32(41-26-30-15-19-33(39-8)20-16-30)24-35(42-28-38-7)37(6,43-27-31-17-21-34(40-9)22-18-31)23-13-14-29(2)25-44-45(10,11)36(3,4)5;3*1-3-4-2;/h13-22,29,32,35H,1,23-28H2,2-11H3;3*1,3-4H2,2H3;/b14-13+;;;;/t29-,32+,35-,37-;;;;/m1..../s1. The monoisotopic (exact) mass is 933 g/mol. The van der Waals surface area contributed by atoms with E-state index in [-0.39, 0.29) is 30.0 Å². The van der Waals surface area contributed by atoms with Crippen LogP contribution < -0.4 is 9.47 Å². The number of unbranched alkanes of at least 4 members (excludes halogenated alkanes) is 3. The van der Waals surface area contributed by atoms with Crippen molar-refractivity contribution in [1.82, 2.24) is 0 Å². The van der Waals surface area contributed by atoms with Gasteiger partial charge in [-0.3, -0.25) is 0 Å². The molecular formula is C49H84O7SiSn. The first kappa shape index (κ1) is 52.5. The maximum atomic E-state index is 7.13. The van der Waals surface area contributed by atoms with Crippen LogP contribution in [0.1, 0.15) is 118 Å². The van der Waals surface area contributed by atoms with Gasteiger partial charge in [0.2, 0.25) is 0 Å². The van der Waals surface area contributed by atoms with Crippen LogP contribution in [0, 0.1) is 5.92 Å². The molecule has 0 bridgehead atoms. The van der Waals surface area contributed by atoms with Gasteiger partial charge in [0.05, 0.1) is 7.11 Å². The maximum absolute atomic E-state index is 7.13. The van der Waals surface area contributed by atoms with E-state index in [0.717, 1.165) is 22.6 Å². The Bertz CT molecular complexity index is 1420. The van der Waals surface area contributed by atoms with Crippen molar-refractivity contribution in [3.63, 3.8) is 0 Å². The SMILES string of the molecule is C=[C]([C@@H](C[C@@H](OCOC)[C@@](C)(C/C=C/[C@@H](C)CO[Si](C)(C)C(C)(C)C)OCc1ccc(OC)cc1)OCc1ccc(OC)cc1)[Sn]([CH2]CCC)([CH2]CCC)[CH2]CCC. The van der Waals surface area contributed by atoms with Crippen molar-refractivity contribution in [2.75, 3.05) is 34.7 Å². The van der Waals surface area contributed by atoms with E-state index in [4.69, 9.17) is 39.4 Å². The molecule has 4 atom stereocenters. The van der Waals surface area contributed by atoms with Crippen molar-refractivity contribution < 1.29 is 32.8 Å². The second-order valence-corrected chi connectivity index (χ2v) is 36.4. The second-order valence-electron chi connectivity index (χ2n) is 18.2. The van der Waals surface area contributed by atoms with Gasteiger partial charge in [-0.05, 0) is 18.1 Å². The van der Waals surface area contributed by atoms with Crippen LogP contribution in [0.5, 0.6) is 11.5 Å². The van der Waals surface area contributed by atoms with Gasteiger partial charge in [0, 0.05) is 0 Å². The van der Waals surface area contributed by atoms with Gasteiger partial charge in [-0.15, -0.1) is 0 Å². The first-order valence-corrected chi connectivity index (χ1v) is 32.5. The zero-order valence-electron chi connectivity index (χ0n) is 39.2. The Morgan fingerprint density at radius 1 is 0.759 bits per heavy atom. The Morgan fingerprint density at radius 2 is 1.26 bits per heavy atom. The molecule has 0 aromatic heterocycles. The fourth-order valence-corrected chi connectivity index (χ4v) is 24.6. The van der Waals surface area contributed by atoms with Crippen molar-refractivity contribution in [2.24, 2.45) is 5.92 Å². The predicted molar refractivity (Wildman–Crippen MR) is 249 cm³/mol. The number of hydrogen-bond donors (Lipinski definition) is 0. The fourth-order valence-electron chi connectivity index (χ4n) is 7.21. The summed E-state index contributed by atoms with van der Waals surface area (Å²) in [6.07, 6.45) is 12.6. The molecule has 0 radical (unpaired) electrons. The van der Waals surface area contributed by atoms with Crippen LogP contribution in [0.15, 0.2) is 70.9 Å². The molecule has 0 amide bonds. The van der Waals surface area contributed by atoms with E-state index in [1.54, 1.807) is 21.3 Å². The zero-order valence-corrected chi connectivity index (χ0v) is 43.0. The number of methoxy groups -OCH3 is 3. The third-order valence-corrected chi connectivity index (χ3v) is 33.0. The van der Waals surface area contributed by atoms with Crippen molar-refractivity contribution in [3.8, 4) is 11.5 Å². The van der Waals surface area contributed by atoms with Crippen LogP contribution in [0.3, 0.4) is 0 Å². The van der Waals surface area contributed by atoms with E-state index in [1.807, 2.05) is 24.3 Å². The molecule has 2 aromatic rings. The molecule has 7 nitrogen and oxygen atoms in total. The van der Waals surface area contributed by atoms with Crippen molar-refractivity contribution in [1.29, 1.82) is 0 Å². The number of ether oxygens (including phenoxy) is 6. The number of benzene rings is 2. The van der Waals surface area contributed by atoms with Crippen molar-refractivity contribution in [2.45, 2.75) is 169 Å². The molecule has 0 aliphatic rings. The molecule has 0 aliphatic heterocycles. The van der Waals surface area contributed by atoms with Gasteiger partial charge in [-0.25, -0.2) is 0 Å². The quantitative estimate of drug-likeness (QED) is 0.0424. The molecule has 0 saturated heterocycles. The average Bonchev–Trinajstić information content (AvgIpc) is 3.21. The summed E-state index contributed by atoms with van der Waals surface area (Å²) in [7, 11) is 3.22. The summed E-state index contributed by atoms with van der Waals surface area (Å²) in [6.45, 7) is 29.8. The summed E-state index contributed by atoms with van der Waals surface area (Å²) in [4.78, 5) is 0. The Kier molecular flexibility index (Phi) is 24.1. The third kappa shape index (κ3) is 17.4. The molecule has 9 heteroatoms. The molecule has 330 valence electrons. The summed E-state index contributed by atoms with van der Waals surface area (Å²) in [5, 5.41) is 0.164. The Morgan fingerprint density at radius 3 is 1.71 bits per heavy atom. The average molecular weight is 932 g/mol. The second kappa shape index (κ2) is 26.6. The van der Waals surface area contributed by atoms with Gasteiger partial charge in [0.25, 0.3) is 0 Å². The molecule has 0 aliphatic carbocycles. The van der Waals surface area contributed by atoms with Crippen LogP contribution in [0.25, 0.3) is 0 Å². The van der Waals surface area contributed by atoms with E-state index < -0.39 is 32.3 Å².